The van der Waals surface area contributed by atoms with E-state index in [-0.39, 0.29) is 0 Å². The summed E-state index contributed by atoms with van der Waals surface area (Å²) in [5.74, 6) is 2.18. The third kappa shape index (κ3) is 4.81. The van der Waals surface area contributed by atoms with Gasteiger partial charge in [-0.25, -0.2) is 0 Å². The molecule has 1 fully saturated rings. The zero-order valence-electron chi connectivity index (χ0n) is 19.4. The molecule has 1 aliphatic rings. The molecule has 0 bridgehead atoms. The van der Waals surface area contributed by atoms with E-state index in [0.717, 1.165) is 60.6 Å². The fourth-order valence-corrected chi connectivity index (χ4v) is 4.28. The van der Waals surface area contributed by atoms with Crippen molar-refractivity contribution in [1.82, 2.24) is 10.1 Å². The van der Waals surface area contributed by atoms with E-state index in [4.69, 9.17) is 14.0 Å². The monoisotopic (exact) mass is 436 g/mol. The van der Waals surface area contributed by atoms with Gasteiger partial charge >= 0.3 is 0 Å². The highest BCUT2D eigenvalue weighted by Crippen LogP contribution is 2.34. The lowest BCUT2D eigenvalue weighted by Gasteiger charge is -2.38. The van der Waals surface area contributed by atoms with Gasteiger partial charge in [0.2, 0.25) is 0 Å². The number of methoxy groups -OCH3 is 1. The Hall–Kier alpha value is -2.83. The quantitative estimate of drug-likeness (QED) is 0.580. The molecule has 0 aliphatic carbocycles. The summed E-state index contributed by atoms with van der Waals surface area (Å²) < 4.78 is 16.8. The maximum Gasteiger partial charge on any atom is 0.161 e. The second-order valence-corrected chi connectivity index (χ2v) is 8.75. The highest BCUT2D eigenvalue weighted by Gasteiger charge is 2.33. The van der Waals surface area contributed by atoms with E-state index in [1.807, 2.05) is 26.0 Å². The van der Waals surface area contributed by atoms with Crippen molar-refractivity contribution < 1.29 is 19.1 Å². The van der Waals surface area contributed by atoms with Gasteiger partial charge in [-0.1, -0.05) is 41.1 Å². The molecular formula is C26H32N2O4. The number of aryl methyl sites for hydroxylation is 3. The minimum absolute atomic E-state index is 0.389. The minimum Gasteiger partial charge on any atom is -0.493 e. The fraction of sp³-hybridized carbons (Fsp3) is 0.423. The summed E-state index contributed by atoms with van der Waals surface area (Å²) in [7, 11) is 1.66. The first-order chi connectivity index (χ1) is 15.4. The molecule has 1 aromatic heterocycles. The smallest absolute Gasteiger partial charge is 0.161 e. The summed E-state index contributed by atoms with van der Waals surface area (Å²) >= 11 is 0. The SMILES string of the molecule is COc1cc(CN2CCC(O)(c3ccc(C)cc3)CC2)ccc1OCc1c(C)noc1C. The molecule has 6 heteroatoms. The van der Waals surface area contributed by atoms with Gasteiger partial charge in [0.25, 0.3) is 0 Å². The van der Waals surface area contributed by atoms with Crippen molar-refractivity contribution in [3.8, 4) is 11.5 Å². The van der Waals surface area contributed by atoms with Crippen molar-refractivity contribution >= 4 is 0 Å². The molecule has 1 aliphatic heterocycles. The maximum absolute atomic E-state index is 11.1. The third-order valence-corrected chi connectivity index (χ3v) is 6.46. The number of benzene rings is 2. The van der Waals surface area contributed by atoms with Gasteiger partial charge in [-0.3, -0.25) is 4.90 Å². The molecular weight excluding hydrogens is 404 g/mol. The van der Waals surface area contributed by atoms with Crippen LogP contribution in [0.1, 0.15) is 46.5 Å². The number of hydrogen-bond donors (Lipinski definition) is 1. The van der Waals surface area contributed by atoms with Gasteiger partial charge in [0.15, 0.2) is 11.5 Å². The van der Waals surface area contributed by atoms with Crippen LogP contribution in [-0.2, 0) is 18.8 Å². The molecule has 2 heterocycles. The van der Waals surface area contributed by atoms with E-state index < -0.39 is 5.60 Å². The van der Waals surface area contributed by atoms with Gasteiger partial charge in [-0.15, -0.1) is 0 Å². The molecule has 1 saturated heterocycles. The zero-order valence-corrected chi connectivity index (χ0v) is 19.4. The van der Waals surface area contributed by atoms with Crippen molar-refractivity contribution in [1.29, 1.82) is 0 Å². The van der Waals surface area contributed by atoms with Crippen LogP contribution in [0.4, 0.5) is 0 Å². The molecule has 1 N–H and O–H groups in total. The fourth-order valence-electron chi connectivity index (χ4n) is 4.28. The van der Waals surface area contributed by atoms with E-state index in [1.165, 1.54) is 5.56 Å². The van der Waals surface area contributed by atoms with Crippen LogP contribution in [0.3, 0.4) is 0 Å². The number of hydrogen-bond acceptors (Lipinski definition) is 6. The molecule has 32 heavy (non-hydrogen) atoms. The Kier molecular flexibility index (Phi) is 6.53. The Morgan fingerprint density at radius 1 is 1.03 bits per heavy atom. The molecule has 0 atom stereocenters. The number of ether oxygens (including phenoxy) is 2. The first-order valence-electron chi connectivity index (χ1n) is 11.1. The van der Waals surface area contributed by atoms with E-state index in [1.54, 1.807) is 7.11 Å². The molecule has 3 aromatic rings. The standard InChI is InChI=1S/C26H32N2O4/c1-18-5-8-22(9-6-18)26(29)11-13-28(14-12-26)16-21-7-10-24(25(15-21)30-4)31-17-23-19(2)27-32-20(23)3/h5-10,15,29H,11-14,16-17H2,1-4H3. The lowest BCUT2D eigenvalue weighted by atomic mass is 9.84. The van der Waals surface area contributed by atoms with E-state index >= 15 is 0 Å². The van der Waals surface area contributed by atoms with Gasteiger partial charge in [0.05, 0.1) is 24.0 Å². The summed E-state index contributed by atoms with van der Waals surface area (Å²) in [6, 6.07) is 14.3. The Bertz CT molecular complexity index is 1030. The number of likely N-dealkylation sites (tertiary alicyclic amines) is 1. The molecule has 6 nitrogen and oxygen atoms in total. The van der Waals surface area contributed by atoms with E-state index in [9.17, 15) is 5.11 Å². The number of rotatable bonds is 7. The van der Waals surface area contributed by atoms with Gasteiger partial charge in [-0.2, -0.15) is 0 Å². The highest BCUT2D eigenvalue weighted by atomic mass is 16.5. The molecule has 0 spiro atoms. The van der Waals surface area contributed by atoms with Crippen LogP contribution >= 0.6 is 0 Å². The Labute approximate surface area is 189 Å². The van der Waals surface area contributed by atoms with Crippen LogP contribution in [0.25, 0.3) is 0 Å². The topological polar surface area (TPSA) is 68.0 Å². The second kappa shape index (κ2) is 9.35. The van der Waals surface area contributed by atoms with Crippen molar-refractivity contribution in [3.63, 3.8) is 0 Å². The van der Waals surface area contributed by atoms with Gasteiger partial charge < -0.3 is 19.1 Å². The predicted molar refractivity (Wildman–Crippen MR) is 123 cm³/mol. The number of nitrogens with zero attached hydrogens (tertiary/aromatic N) is 2. The molecule has 0 unspecified atom stereocenters. The average molecular weight is 437 g/mol. The Morgan fingerprint density at radius 2 is 1.75 bits per heavy atom. The summed E-state index contributed by atoms with van der Waals surface area (Å²) in [5, 5.41) is 15.1. The van der Waals surface area contributed by atoms with E-state index in [2.05, 4.69) is 47.3 Å². The van der Waals surface area contributed by atoms with Crippen molar-refractivity contribution in [2.45, 2.75) is 52.4 Å². The predicted octanol–water partition coefficient (Wildman–Crippen LogP) is 4.67. The van der Waals surface area contributed by atoms with E-state index in [0.29, 0.717) is 18.1 Å². The second-order valence-electron chi connectivity index (χ2n) is 8.75. The molecule has 170 valence electrons. The zero-order chi connectivity index (χ0) is 22.7. The van der Waals surface area contributed by atoms with Gasteiger partial charge in [0.1, 0.15) is 12.4 Å². The first-order valence-corrected chi connectivity index (χ1v) is 11.1. The van der Waals surface area contributed by atoms with Crippen molar-refractivity contribution in [2.24, 2.45) is 0 Å². The number of aliphatic hydroxyl groups is 1. The summed E-state index contributed by atoms with van der Waals surface area (Å²) in [4.78, 5) is 2.38. The molecule has 0 amide bonds. The Morgan fingerprint density at radius 3 is 2.38 bits per heavy atom. The largest absolute Gasteiger partial charge is 0.493 e. The number of aromatic nitrogens is 1. The van der Waals surface area contributed by atoms with Crippen LogP contribution in [0.2, 0.25) is 0 Å². The van der Waals surface area contributed by atoms with Crippen LogP contribution in [0, 0.1) is 20.8 Å². The first kappa shape index (κ1) is 22.4. The van der Waals surface area contributed by atoms with Crippen LogP contribution in [0.5, 0.6) is 11.5 Å². The molecule has 2 aromatic carbocycles. The number of piperidine rings is 1. The average Bonchev–Trinajstić information content (AvgIpc) is 3.12. The Balaban J connectivity index is 1.37. The molecule has 0 saturated carbocycles. The van der Waals surface area contributed by atoms with Crippen LogP contribution < -0.4 is 9.47 Å². The minimum atomic E-state index is -0.738. The summed E-state index contributed by atoms with van der Waals surface area (Å²) in [6.45, 7) is 8.75. The normalized spacial score (nSPS) is 16.2. The summed E-state index contributed by atoms with van der Waals surface area (Å²) in [6.07, 6.45) is 1.46. The van der Waals surface area contributed by atoms with Crippen molar-refractivity contribution in [3.05, 3.63) is 76.2 Å². The molecule has 0 radical (unpaired) electrons. The van der Waals surface area contributed by atoms with Crippen LogP contribution in [0.15, 0.2) is 47.0 Å². The van der Waals surface area contributed by atoms with Crippen LogP contribution in [-0.4, -0.2) is 35.4 Å². The maximum atomic E-state index is 11.1. The summed E-state index contributed by atoms with van der Waals surface area (Å²) in [5.41, 5.74) is 4.45. The lowest BCUT2D eigenvalue weighted by Crippen LogP contribution is -2.42. The third-order valence-electron chi connectivity index (χ3n) is 6.46. The highest BCUT2D eigenvalue weighted by molar-refractivity contribution is 5.43. The van der Waals surface area contributed by atoms with Gasteiger partial charge in [-0.05, 0) is 56.9 Å². The lowest BCUT2D eigenvalue weighted by molar-refractivity contribution is -0.0277. The molecule has 4 rings (SSSR count). The van der Waals surface area contributed by atoms with Gasteiger partial charge in [0, 0.05) is 19.6 Å². The van der Waals surface area contributed by atoms with Crippen molar-refractivity contribution in [2.75, 3.05) is 20.2 Å².